The third-order valence-corrected chi connectivity index (χ3v) is 5.09. The van der Waals surface area contributed by atoms with Gasteiger partial charge in [-0.05, 0) is 43.1 Å². The molecule has 4 heteroatoms. The second-order valence-corrected chi connectivity index (χ2v) is 10.4. The number of hydrogen-bond acceptors (Lipinski definition) is 1. The summed E-state index contributed by atoms with van der Waals surface area (Å²) in [6, 6.07) is 2.11. The molecule has 0 saturated heterocycles. The van der Waals surface area contributed by atoms with Gasteiger partial charge in [0.2, 0.25) is 0 Å². The molecule has 66 valence electrons. The summed E-state index contributed by atoms with van der Waals surface area (Å²) in [6.45, 7) is 6.96. The number of nitrogens with zero attached hydrogens (tertiary/aromatic N) is 1. The van der Waals surface area contributed by atoms with E-state index in [4.69, 9.17) is 0 Å². The first-order valence-electron chi connectivity index (χ1n) is 3.73. The van der Waals surface area contributed by atoms with Crippen LogP contribution in [0.15, 0.2) is 21.3 Å². The minimum Gasteiger partial charge on any atom is -0.248 e. The van der Waals surface area contributed by atoms with E-state index in [1.165, 1.54) is 5.19 Å². The molecule has 0 aliphatic heterocycles. The Hall–Kier alpha value is 0.327. The predicted octanol–water partition coefficient (Wildman–Crippen LogP) is 3.15. The van der Waals surface area contributed by atoms with Gasteiger partial charge in [0.25, 0.3) is 0 Å². The SMILES string of the molecule is C[Si](C)(C)c1cc(Br)ncc1Br. The van der Waals surface area contributed by atoms with Crippen molar-refractivity contribution in [3.05, 3.63) is 21.3 Å². The molecule has 0 bridgehead atoms. The van der Waals surface area contributed by atoms with Crippen molar-refractivity contribution < 1.29 is 0 Å². The summed E-state index contributed by atoms with van der Waals surface area (Å²) in [5, 5.41) is 1.41. The molecule has 0 saturated carbocycles. The molecule has 0 amide bonds. The van der Waals surface area contributed by atoms with Crippen LogP contribution in [0.1, 0.15) is 0 Å². The number of aromatic nitrogens is 1. The molecule has 0 N–H and O–H groups in total. The highest BCUT2D eigenvalue weighted by Gasteiger charge is 2.19. The summed E-state index contributed by atoms with van der Waals surface area (Å²) in [6.07, 6.45) is 1.86. The van der Waals surface area contributed by atoms with Crippen LogP contribution in [-0.4, -0.2) is 13.1 Å². The van der Waals surface area contributed by atoms with E-state index in [0.29, 0.717) is 0 Å². The Bertz CT molecular complexity index is 294. The largest absolute Gasteiger partial charge is 0.248 e. The lowest BCUT2D eigenvalue weighted by molar-refractivity contribution is 1.27. The molecule has 1 aromatic heterocycles. The zero-order valence-corrected chi connectivity index (χ0v) is 11.5. The summed E-state index contributed by atoms with van der Waals surface area (Å²) in [5.41, 5.74) is 0. The van der Waals surface area contributed by atoms with Gasteiger partial charge < -0.3 is 0 Å². The summed E-state index contributed by atoms with van der Waals surface area (Å²) < 4.78 is 2.05. The normalized spacial score (nSPS) is 11.8. The van der Waals surface area contributed by atoms with Crippen LogP contribution in [0.4, 0.5) is 0 Å². The van der Waals surface area contributed by atoms with E-state index in [-0.39, 0.29) is 0 Å². The van der Waals surface area contributed by atoms with E-state index in [1.54, 1.807) is 0 Å². The minimum absolute atomic E-state index is 0.920. The summed E-state index contributed by atoms with van der Waals surface area (Å²) in [7, 11) is -1.23. The lowest BCUT2D eigenvalue weighted by atomic mass is 10.5. The van der Waals surface area contributed by atoms with Crippen molar-refractivity contribution in [2.45, 2.75) is 19.6 Å². The van der Waals surface area contributed by atoms with Crippen LogP contribution in [0.5, 0.6) is 0 Å². The van der Waals surface area contributed by atoms with E-state index < -0.39 is 8.07 Å². The van der Waals surface area contributed by atoms with E-state index in [2.05, 4.69) is 62.6 Å². The molecule has 0 aliphatic rings. The average Bonchev–Trinajstić information content (AvgIpc) is 1.92. The molecule has 0 aliphatic carbocycles. The van der Waals surface area contributed by atoms with Crippen molar-refractivity contribution >= 4 is 45.1 Å². The Kier molecular flexibility index (Phi) is 3.12. The lowest BCUT2D eigenvalue weighted by Crippen LogP contribution is -2.38. The highest BCUT2D eigenvalue weighted by molar-refractivity contribution is 9.11. The minimum atomic E-state index is -1.23. The van der Waals surface area contributed by atoms with E-state index in [9.17, 15) is 0 Å². The molecule has 1 nitrogen and oxygen atoms in total. The number of pyridine rings is 1. The maximum Gasteiger partial charge on any atom is 0.106 e. The fraction of sp³-hybridized carbons (Fsp3) is 0.375. The fourth-order valence-corrected chi connectivity index (χ4v) is 4.88. The molecule has 0 fully saturated rings. The molecular formula is C8H11Br2NSi. The smallest absolute Gasteiger partial charge is 0.106 e. The molecule has 0 aromatic carbocycles. The van der Waals surface area contributed by atoms with Gasteiger partial charge in [0.1, 0.15) is 4.60 Å². The van der Waals surface area contributed by atoms with Crippen molar-refractivity contribution in [2.75, 3.05) is 0 Å². The maximum atomic E-state index is 4.14. The van der Waals surface area contributed by atoms with E-state index in [1.807, 2.05) is 6.20 Å². The monoisotopic (exact) mass is 307 g/mol. The van der Waals surface area contributed by atoms with Crippen molar-refractivity contribution in [3.8, 4) is 0 Å². The maximum absolute atomic E-state index is 4.14. The first kappa shape index (κ1) is 10.4. The lowest BCUT2D eigenvalue weighted by Gasteiger charge is -2.18. The molecule has 1 aromatic rings. The van der Waals surface area contributed by atoms with Crippen LogP contribution in [0, 0.1) is 0 Å². The van der Waals surface area contributed by atoms with Crippen LogP contribution in [0.2, 0.25) is 19.6 Å². The van der Waals surface area contributed by atoms with Crippen LogP contribution in [0.25, 0.3) is 0 Å². The van der Waals surface area contributed by atoms with Gasteiger partial charge in [0, 0.05) is 10.7 Å². The zero-order valence-electron chi connectivity index (χ0n) is 7.36. The average molecular weight is 309 g/mol. The topological polar surface area (TPSA) is 12.9 Å². The Labute approximate surface area is 90.9 Å². The van der Waals surface area contributed by atoms with Crippen molar-refractivity contribution in [1.82, 2.24) is 4.98 Å². The first-order valence-corrected chi connectivity index (χ1v) is 8.81. The van der Waals surface area contributed by atoms with Crippen LogP contribution < -0.4 is 5.19 Å². The van der Waals surface area contributed by atoms with Gasteiger partial charge in [0.15, 0.2) is 0 Å². The summed E-state index contributed by atoms with van der Waals surface area (Å²) in [4.78, 5) is 4.14. The van der Waals surface area contributed by atoms with Gasteiger partial charge >= 0.3 is 0 Å². The summed E-state index contributed by atoms with van der Waals surface area (Å²) in [5.74, 6) is 0. The number of hydrogen-bond donors (Lipinski definition) is 0. The van der Waals surface area contributed by atoms with Crippen molar-refractivity contribution in [3.63, 3.8) is 0 Å². The second-order valence-electron chi connectivity index (χ2n) is 3.74. The van der Waals surface area contributed by atoms with Crippen LogP contribution in [0.3, 0.4) is 0 Å². The number of halogens is 2. The van der Waals surface area contributed by atoms with Gasteiger partial charge in [-0.1, -0.05) is 19.6 Å². The van der Waals surface area contributed by atoms with E-state index in [0.717, 1.165) is 9.08 Å². The third kappa shape index (κ3) is 2.41. The Morgan fingerprint density at radius 1 is 1.25 bits per heavy atom. The first-order chi connectivity index (χ1) is 5.41. The molecule has 1 heterocycles. The molecule has 0 radical (unpaired) electrons. The Morgan fingerprint density at radius 2 is 1.83 bits per heavy atom. The highest BCUT2D eigenvalue weighted by Crippen LogP contribution is 2.15. The van der Waals surface area contributed by atoms with Gasteiger partial charge in [0.05, 0.1) is 8.07 Å². The van der Waals surface area contributed by atoms with E-state index >= 15 is 0 Å². The Morgan fingerprint density at radius 3 is 2.25 bits per heavy atom. The fourth-order valence-electron chi connectivity index (χ4n) is 0.988. The molecule has 1 rings (SSSR count). The van der Waals surface area contributed by atoms with Crippen molar-refractivity contribution in [2.24, 2.45) is 0 Å². The molecule has 0 atom stereocenters. The zero-order chi connectivity index (χ0) is 9.35. The summed E-state index contributed by atoms with van der Waals surface area (Å²) >= 11 is 6.90. The molecule has 0 unspecified atom stereocenters. The van der Waals surface area contributed by atoms with Crippen LogP contribution >= 0.6 is 31.9 Å². The molecular weight excluding hydrogens is 298 g/mol. The third-order valence-electron chi connectivity index (χ3n) is 1.63. The standard InChI is InChI=1S/C8H11Br2NSi/c1-12(2,3)7-4-8(10)11-5-6(7)9/h4-5H,1-3H3. The Balaban J connectivity index is 3.23. The van der Waals surface area contributed by atoms with Gasteiger partial charge in [-0.25, -0.2) is 4.98 Å². The molecule has 0 spiro atoms. The highest BCUT2D eigenvalue weighted by atomic mass is 79.9. The molecule has 12 heavy (non-hydrogen) atoms. The van der Waals surface area contributed by atoms with Gasteiger partial charge in [-0.15, -0.1) is 0 Å². The predicted molar refractivity (Wildman–Crippen MR) is 62.6 cm³/mol. The van der Waals surface area contributed by atoms with Crippen LogP contribution in [-0.2, 0) is 0 Å². The van der Waals surface area contributed by atoms with Crippen molar-refractivity contribution in [1.29, 1.82) is 0 Å². The number of rotatable bonds is 1. The van der Waals surface area contributed by atoms with Gasteiger partial charge in [-0.3, -0.25) is 0 Å². The van der Waals surface area contributed by atoms with Gasteiger partial charge in [-0.2, -0.15) is 0 Å². The quantitative estimate of drug-likeness (QED) is 0.574. The second kappa shape index (κ2) is 3.60.